The molecule has 0 saturated heterocycles. The Morgan fingerprint density at radius 3 is 3.00 bits per heavy atom. The number of aromatic nitrogens is 4. The van der Waals surface area contributed by atoms with Gasteiger partial charge in [0.05, 0.1) is 10.6 Å². The van der Waals surface area contributed by atoms with E-state index in [9.17, 15) is 4.79 Å². The molecule has 0 unspecified atom stereocenters. The molecule has 3 aromatic heterocycles. The van der Waals surface area contributed by atoms with Crippen molar-refractivity contribution in [2.45, 2.75) is 18.9 Å². The average Bonchev–Trinajstić information content (AvgIpc) is 3.24. The monoisotopic (exact) mass is 313 g/mol. The van der Waals surface area contributed by atoms with Gasteiger partial charge in [-0.3, -0.25) is 9.78 Å². The highest BCUT2D eigenvalue weighted by Gasteiger charge is 2.28. The third kappa shape index (κ3) is 2.31. The SMILES string of the molecule is O=C(NC1CC1)c1nn2cccnc2c1-c1cncc(Cl)c1. The first-order chi connectivity index (χ1) is 10.7. The molecular formula is C15H12ClN5O. The minimum Gasteiger partial charge on any atom is -0.348 e. The second kappa shape index (κ2) is 5.06. The van der Waals surface area contributed by atoms with Crippen molar-refractivity contribution in [2.24, 2.45) is 0 Å². The minimum absolute atomic E-state index is 0.192. The minimum atomic E-state index is -0.192. The Hall–Kier alpha value is -2.47. The van der Waals surface area contributed by atoms with E-state index in [1.54, 1.807) is 41.4 Å². The van der Waals surface area contributed by atoms with E-state index >= 15 is 0 Å². The number of hydrogen-bond acceptors (Lipinski definition) is 4. The lowest BCUT2D eigenvalue weighted by molar-refractivity contribution is 0.0946. The van der Waals surface area contributed by atoms with Crippen LogP contribution in [-0.2, 0) is 0 Å². The summed E-state index contributed by atoms with van der Waals surface area (Å²) in [5.74, 6) is -0.192. The summed E-state index contributed by atoms with van der Waals surface area (Å²) >= 11 is 6.03. The van der Waals surface area contributed by atoms with Crippen molar-refractivity contribution >= 4 is 23.2 Å². The normalized spacial score (nSPS) is 14.2. The molecule has 6 nitrogen and oxygen atoms in total. The summed E-state index contributed by atoms with van der Waals surface area (Å²) in [6.07, 6.45) is 8.68. The third-order valence-corrected chi connectivity index (χ3v) is 3.72. The molecule has 4 rings (SSSR count). The van der Waals surface area contributed by atoms with E-state index in [1.165, 1.54) is 0 Å². The number of carbonyl (C=O) groups excluding carboxylic acids is 1. The fraction of sp³-hybridized carbons (Fsp3) is 0.200. The van der Waals surface area contributed by atoms with Crippen molar-refractivity contribution in [3.63, 3.8) is 0 Å². The van der Waals surface area contributed by atoms with Crippen LogP contribution in [0.3, 0.4) is 0 Å². The summed E-state index contributed by atoms with van der Waals surface area (Å²) in [5.41, 5.74) is 2.32. The number of amides is 1. The number of fused-ring (bicyclic) bond motifs is 1. The summed E-state index contributed by atoms with van der Waals surface area (Å²) in [5, 5.41) is 7.83. The topological polar surface area (TPSA) is 72.2 Å². The highest BCUT2D eigenvalue weighted by Crippen LogP contribution is 2.29. The van der Waals surface area contributed by atoms with Crippen LogP contribution < -0.4 is 5.32 Å². The Bertz CT molecular complexity index is 871. The Morgan fingerprint density at radius 2 is 2.23 bits per heavy atom. The van der Waals surface area contributed by atoms with Gasteiger partial charge in [-0.1, -0.05) is 11.6 Å². The largest absolute Gasteiger partial charge is 0.348 e. The Kier molecular flexibility index (Phi) is 3.04. The van der Waals surface area contributed by atoms with E-state index in [-0.39, 0.29) is 11.9 Å². The quantitative estimate of drug-likeness (QED) is 0.805. The predicted octanol–water partition coefficient (Wildman–Crippen LogP) is 2.34. The zero-order valence-corrected chi connectivity index (χ0v) is 12.3. The van der Waals surface area contributed by atoms with Gasteiger partial charge >= 0.3 is 0 Å². The zero-order chi connectivity index (χ0) is 15.1. The smallest absolute Gasteiger partial charge is 0.272 e. The number of rotatable bonds is 3. The third-order valence-electron chi connectivity index (χ3n) is 3.52. The molecule has 7 heteroatoms. The van der Waals surface area contributed by atoms with Crippen molar-refractivity contribution in [1.29, 1.82) is 0 Å². The van der Waals surface area contributed by atoms with E-state index < -0.39 is 0 Å². The van der Waals surface area contributed by atoms with Gasteiger partial charge < -0.3 is 5.32 Å². The molecule has 1 saturated carbocycles. The average molecular weight is 314 g/mol. The number of nitrogens with one attached hydrogen (secondary N) is 1. The van der Waals surface area contributed by atoms with Crippen molar-refractivity contribution < 1.29 is 4.79 Å². The Morgan fingerprint density at radius 1 is 1.36 bits per heavy atom. The zero-order valence-electron chi connectivity index (χ0n) is 11.5. The van der Waals surface area contributed by atoms with E-state index in [1.807, 2.05) is 0 Å². The first-order valence-electron chi connectivity index (χ1n) is 6.97. The lowest BCUT2D eigenvalue weighted by atomic mass is 10.1. The fourth-order valence-electron chi connectivity index (χ4n) is 2.34. The molecule has 1 fully saturated rings. The van der Waals surface area contributed by atoms with Gasteiger partial charge in [-0.25, -0.2) is 9.50 Å². The first-order valence-corrected chi connectivity index (χ1v) is 7.35. The lowest BCUT2D eigenvalue weighted by Gasteiger charge is -2.04. The van der Waals surface area contributed by atoms with Gasteiger partial charge in [0, 0.05) is 36.4 Å². The molecule has 110 valence electrons. The maximum Gasteiger partial charge on any atom is 0.272 e. The summed E-state index contributed by atoms with van der Waals surface area (Å²) in [7, 11) is 0. The Labute approximate surface area is 131 Å². The van der Waals surface area contributed by atoms with Crippen LogP contribution in [0.1, 0.15) is 23.3 Å². The molecule has 1 aliphatic rings. The summed E-state index contributed by atoms with van der Waals surface area (Å²) in [6.45, 7) is 0. The van der Waals surface area contributed by atoms with Crippen LogP contribution in [0.4, 0.5) is 0 Å². The molecular weight excluding hydrogens is 302 g/mol. The van der Waals surface area contributed by atoms with Crippen LogP contribution in [0.5, 0.6) is 0 Å². The first kappa shape index (κ1) is 13.2. The molecule has 3 heterocycles. The number of pyridine rings is 1. The van der Waals surface area contributed by atoms with Crippen molar-refractivity contribution in [1.82, 2.24) is 24.9 Å². The van der Waals surface area contributed by atoms with Gasteiger partial charge in [0.25, 0.3) is 5.91 Å². The highest BCUT2D eigenvalue weighted by molar-refractivity contribution is 6.30. The van der Waals surface area contributed by atoms with Gasteiger partial charge in [0.15, 0.2) is 11.3 Å². The number of carbonyl (C=O) groups is 1. The second-order valence-electron chi connectivity index (χ2n) is 5.25. The number of nitrogens with zero attached hydrogens (tertiary/aromatic N) is 4. The molecule has 1 N–H and O–H groups in total. The number of halogens is 1. The lowest BCUT2D eigenvalue weighted by Crippen LogP contribution is -2.26. The maximum atomic E-state index is 12.5. The van der Waals surface area contributed by atoms with Crippen LogP contribution in [0.2, 0.25) is 5.02 Å². The summed E-state index contributed by atoms with van der Waals surface area (Å²) in [6, 6.07) is 3.78. The van der Waals surface area contributed by atoms with Gasteiger partial charge in [0.2, 0.25) is 0 Å². The van der Waals surface area contributed by atoms with Crippen LogP contribution in [0.15, 0.2) is 36.9 Å². The molecule has 1 amide bonds. The maximum absolute atomic E-state index is 12.5. The molecule has 0 spiro atoms. The van der Waals surface area contributed by atoms with E-state index in [4.69, 9.17) is 11.6 Å². The van der Waals surface area contributed by atoms with Crippen LogP contribution in [-0.4, -0.2) is 31.5 Å². The van der Waals surface area contributed by atoms with Crippen molar-refractivity contribution in [3.8, 4) is 11.1 Å². The van der Waals surface area contributed by atoms with E-state index in [0.29, 0.717) is 21.9 Å². The van der Waals surface area contributed by atoms with E-state index in [2.05, 4.69) is 20.4 Å². The highest BCUT2D eigenvalue weighted by atomic mass is 35.5. The molecule has 22 heavy (non-hydrogen) atoms. The second-order valence-corrected chi connectivity index (χ2v) is 5.69. The predicted molar refractivity (Wildman–Crippen MR) is 81.7 cm³/mol. The molecule has 0 radical (unpaired) electrons. The number of hydrogen-bond donors (Lipinski definition) is 1. The summed E-state index contributed by atoms with van der Waals surface area (Å²) < 4.78 is 1.60. The molecule has 3 aromatic rings. The summed E-state index contributed by atoms with van der Waals surface area (Å²) in [4.78, 5) is 20.9. The molecule has 0 atom stereocenters. The standard InChI is InChI=1S/C15H12ClN5O/c16-10-6-9(7-17-8-10)12-13(15(22)19-11-2-3-11)20-21-5-1-4-18-14(12)21/h1,4-8,11H,2-3H2,(H,19,22). The van der Waals surface area contributed by atoms with Crippen LogP contribution in [0.25, 0.3) is 16.8 Å². The van der Waals surface area contributed by atoms with Gasteiger partial charge in [-0.2, -0.15) is 5.10 Å². The van der Waals surface area contributed by atoms with Crippen molar-refractivity contribution in [3.05, 3.63) is 47.6 Å². The Balaban J connectivity index is 1.91. The van der Waals surface area contributed by atoms with Gasteiger partial charge in [-0.15, -0.1) is 0 Å². The van der Waals surface area contributed by atoms with Gasteiger partial charge in [-0.05, 0) is 25.0 Å². The molecule has 0 bridgehead atoms. The molecule has 0 aromatic carbocycles. The van der Waals surface area contributed by atoms with Crippen molar-refractivity contribution in [2.75, 3.05) is 0 Å². The van der Waals surface area contributed by atoms with Crippen LogP contribution >= 0.6 is 11.6 Å². The van der Waals surface area contributed by atoms with E-state index in [0.717, 1.165) is 18.4 Å². The molecule has 0 aliphatic heterocycles. The van der Waals surface area contributed by atoms with Crippen LogP contribution in [0, 0.1) is 0 Å². The van der Waals surface area contributed by atoms with Gasteiger partial charge in [0.1, 0.15) is 0 Å². The fourth-order valence-corrected chi connectivity index (χ4v) is 2.52. The molecule has 1 aliphatic carbocycles.